The van der Waals surface area contributed by atoms with E-state index in [0.29, 0.717) is 16.5 Å². The standard InChI is InChI=1S/C17H14ClN5O4S/c18-23(17(19)20)15-9-21-8-10-7-11(5-6-12(10)15)28(26,27)22-14-4-2-1-3-13(14)16(24)25/h1-9,22H,(H3,19,20)(H,24,25). The van der Waals surface area contributed by atoms with Crippen LogP contribution in [0.5, 0.6) is 0 Å². The lowest BCUT2D eigenvalue weighted by molar-refractivity contribution is 0.0698. The molecule has 0 atom stereocenters. The highest BCUT2D eigenvalue weighted by Crippen LogP contribution is 2.29. The third kappa shape index (κ3) is 3.68. The lowest BCUT2D eigenvalue weighted by atomic mass is 10.1. The number of carboxylic acids is 1. The van der Waals surface area contributed by atoms with Gasteiger partial charge in [-0.3, -0.25) is 15.1 Å². The molecule has 3 rings (SSSR count). The van der Waals surface area contributed by atoms with Crippen LogP contribution in [0.4, 0.5) is 11.4 Å². The molecule has 0 spiro atoms. The molecule has 0 fully saturated rings. The Kier molecular flexibility index (Phi) is 5.08. The van der Waals surface area contributed by atoms with Crippen molar-refractivity contribution in [1.29, 1.82) is 5.41 Å². The van der Waals surface area contributed by atoms with Crippen molar-refractivity contribution >= 4 is 55.9 Å². The summed E-state index contributed by atoms with van der Waals surface area (Å²) in [6.07, 6.45) is 2.83. The smallest absolute Gasteiger partial charge is 0.337 e. The lowest BCUT2D eigenvalue weighted by Gasteiger charge is -2.16. The number of aromatic nitrogens is 1. The Morgan fingerprint density at radius 1 is 1.21 bits per heavy atom. The summed E-state index contributed by atoms with van der Waals surface area (Å²) in [6, 6.07) is 9.88. The average molecular weight is 420 g/mol. The Balaban J connectivity index is 2.04. The molecule has 28 heavy (non-hydrogen) atoms. The molecular weight excluding hydrogens is 406 g/mol. The summed E-state index contributed by atoms with van der Waals surface area (Å²) in [5.41, 5.74) is 5.48. The monoisotopic (exact) mass is 419 g/mol. The predicted molar refractivity (Wildman–Crippen MR) is 106 cm³/mol. The van der Waals surface area contributed by atoms with Gasteiger partial charge < -0.3 is 10.8 Å². The first-order chi connectivity index (χ1) is 13.2. The number of benzene rings is 2. The zero-order valence-electron chi connectivity index (χ0n) is 14.1. The van der Waals surface area contributed by atoms with Crippen molar-refractivity contribution in [2.24, 2.45) is 5.73 Å². The number of nitrogens with one attached hydrogen (secondary N) is 2. The van der Waals surface area contributed by atoms with E-state index >= 15 is 0 Å². The molecule has 144 valence electrons. The van der Waals surface area contributed by atoms with Gasteiger partial charge in [0.15, 0.2) is 0 Å². The molecule has 2 aromatic carbocycles. The Hall–Kier alpha value is -3.37. The van der Waals surface area contributed by atoms with E-state index in [1.807, 2.05) is 0 Å². The van der Waals surface area contributed by atoms with Crippen LogP contribution in [0.2, 0.25) is 0 Å². The number of rotatable bonds is 5. The molecule has 0 aliphatic heterocycles. The summed E-state index contributed by atoms with van der Waals surface area (Å²) in [5, 5.41) is 17.6. The van der Waals surface area contributed by atoms with E-state index in [1.165, 1.54) is 54.9 Å². The van der Waals surface area contributed by atoms with E-state index in [9.17, 15) is 18.3 Å². The number of nitrogens with two attached hydrogens (primary N) is 1. The van der Waals surface area contributed by atoms with Gasteiger partial charge in [-0.15, -0.1) is 0 Å². The van der Waals surface area contributed by atoms with Crippen LogP contribution in [0, 0.1) is 5.41 Å². The quantitative estimate of drug-likeness (QED) is 0.282. The van der Waals surface area contributed by atoms with Gasteiger partial charge in [0.1, 0.15) is 0 Å². The van der Waals surface area contributed by atoms with Crippen LogP contribution in [0.3, 0.4) is 0 Å². The van der Waals surface area contributed by atoms with Gasteiger partial charge in [-0.2, -0.15) is 0 Å². The summed E-state index contributed by atoms with van der Waals surface area (Å²) in [7, 11) is -4.06. The largest absolute Gasteiger partial charge is 0.478 e. The maximum absolute atomic E-state index is 12.7. The van der Waals surface area contributed by atoms with E-state index < -0.39 is 22.0 Å². The third-order valence-electron chi connectivity index (χ3n) is 3.84. The van der Waals surface area contributed by atoms with Crippen molar-refractivity contribution in [1.82, 2.24) is 4.98 Å². The number of hydrogen-bond acceptors (Lipinski definition) is 5. The van der Waals surface area contributed by atoms with Crippen molar-refractivity contribution in [3.05, 3.63) is 60.4 Å². The molecule has 0 radical (unpaired) electrons. The normalized spacial score (nSPS) is 11.2. The molecule has 0 amide bonds. The average Bonchev–Trinajstić information content (AvgIpc) is 2.66. The van der Waals surface area contributed by atoms with E-state index in [-0.39, 0.29) is 16.1 Å². The van der Waals surface area contributed by atoms with Crippen molar-refractivity contribution in [2.45, 2.75) is 4.90 Å². The fraction of sp³-hybridized carbons (Fsp3) is 0. The number of sulfonamides is 1. The van der Waals surface area contributed by atoms with Gasteiger partial charge in [0.05, 0.1) is 28.0 Å². The van der Waals surface area contributed by atoms with Gasteiger partial charge >= 0.3 is 5.97 Å². The number of guanidine groups is 1. The summed E-state index contributed by atoms with van der Waals surface area (Å²) < 4.78 is 28.6. The number of para-hydroxylation sites is 1. The Morgan fingerprint density at radius 2 is 1.93 bits per heavy atom. The van der Waals surface area contributed by atoms with Gasteiger partial charge in [0.2, 0.25) is 5.96 Å². The topological polar surface area (TPSA) is 149 Å². The minimum atomic E-state index is -4.06. The maximum Gasteiger partial charge on any atom is 0.337 e. The highest BCUT2D eigenvalue weighted by molar-refractivity contribution is 7.92. The number of halogens is 1. The molecule has 1 heterocycles. The van der Waals surface area contributed by atoms with Crippen molar-refractivity contribution < 1.29 is 18.3 Å². The number of aromatic carboxylic acids is 1. The fourth-order valence-electron chi connectivity index (χ4n) is 2.55. The number of carbonyl (C=O) groups is 1. The van der Waals surface area contributed by atoms with E-state index in [1.54, 1.807) is 0 Å². The summed E-state index contributed by atoms with van der Waals surface area (Å²) in [6.45, 7) is 0. The molecule has 0 bridgehead atoms. The number of anilines is 2. The van der Waals surface area contributed by atoms with Gasteiger partial charge in [0, 0.05) is 28.7 Å². The number of fused-ring (bicyclic) bond motifs is 1. The highest BCUT2D eigenvalue weighted by atomic mass is 35.5. The van der Waals surface area contributed by atoms with Crippen molar-refractivity contribution in [2.75, 3.05) is 9.14 Å². The second-order valence-corrected chi connectivity index (χ2v) is 7.68. The van der Waals surface area contributed by atoms with Gasteiger partial charge in [-0.25, -0.2) is 17.6 Å². The van der Waals surface area contributed by atoms with Crippen LogP contribution in [-0.4, -0.2) is 30.4 Å². The van der Waals surface area contributed by atoms with Crippen LogP contribution >= 0.6 is 11.8 Å². The van der Waals surface area contributed by atoms with Crippen LogP contribution in [0.15, 0.2) is 59.8 Å². The van der Waals surface area contributed by atoms with E-state index in [2.05, 4.69) is 9.71 Å². The lowest BCUT2D eigenvalue weighted by Crippen LogP contribution is -2.28. The molecule has 11 heteroatoms. The first kappa shape index (κ1) is 19.4. The molecule has 0 aliphatic rings. The number of hydrogen-bond donors (Lipinski definition) is 4. The van der Waals surface area contributed by atoms with Crippen LogP contribution in [0.25, 0.3) is 10.8 Å². The molecule has 0 unspecified atom stereocenters. The molecule has 9 nitrogen and oxygen atoms in total. The van der Waals surface area contributed by atoms with Crippen LogP contribution < -0.4 is 14.9 Å². The zero-order valence-corrected chi connectivity index (χ0v) is 15.7. The van der Waals surface area contributed by atoms with Gasteiger partial charge in [-0.1, -0.05) is 18.2 Å². The summed E-state index contributed by atoms with van der Waals surface area (Å²) in [5.74, 6) is -1.67. The minimum Gasteiger partial charge on any atom is -0.478 e. The Labute approximate surface area is 165 Å². The molecule has 3 aromatic rings. The molecular formula is C17H14ClN5O4S. The zero-order chi connectivity index (χ0) is 20.5. The number of carboxylic acid groups (broad SMARTS) is 1. The molecule has 1 aromatic heterocycles. The molecule has 0 saturated heterocycles. The van der Waals surface area contributed by atoms with E-state index in [4.69, 9.17) is 22.9 Å². The van der Waals surface area contributed by atoms with E-state index in [0.717, 1.165) is 4.42 Å². The van der Waals surface area contributed by atoms with Crippen molar-refractivity contribution in [3.63, 3.8) is 0 Å². The maximum atomic E-state index is 12.7. The first-order valence-electron chi connectivity index (χ1n) is 7.73. The van der Waals surface area contributed by atoms with Crippen molar-refractivity contribution in [3.8, 4) is 0 Å². The second-order valence-electron chi connectivity index (χ2n) is 5.66. The second kappa shape index (κ2) is 7.33. The Bertz CT molecular complexity index is 1200. The SMILES string of the molecule is N=C(N)N(Cl)c1cncc2cc(S(=O)(=O)Nc3ccccc3C(=O)O)ccc12. The van der Waals surface area contributed by atoms with Gasteiger partial charge in [0.25, 0.3) is 10.0 Å². The van der Waals surface area contributed by atoms with Crippen LogP contribution in [0.1, 0.15) is 10.4 Å². The van der Waals surface area contributed by atoms with Crippen LogP contribution in [-0.2, 0) is 10.0 Å². The number of nitrogens with zero attached hydrogens (tertiary/aromatic N) is 2. The molecule has 0 saturated carbocycles. The van der Waals surface area contributed by atoms with Gasteiger partial charge in [-0.05, 0) is 24.3 Å². The highest BCUT2D eigenvalue weighted by Gasteiger charge is 2.20. The summed E-state index contributed by atoms with van der Waals surface area (Å²) >= 11 is 5.96. The Morgan fingerprint density at radius 3 is 2.61 bits per heavy atom. The first-order valence-corrected chi connectivity index (χ1v) is 9.55. The summed E-state index contributed by atoms with van der Waals surface area (Å²) in [4.78, 5) is 15.2. The minimum absolute atomic E-state index is 0.0505. The predicted octanol–water partition coefficient (Wildman–Crippen LogP) is 2.59. The number of pyridine rings is 1. The third-order valence-corrected chi connectivity index (χ3v) is 5.57. The fourth-order valence-corrected chi connectivity index (χ4v) is 3.80. The molecule has 0 aliphatic carbocycles. The molecule has 5 N–H and O–H groups in total.